The number of pyridine rings is 1. The van der Waals surface area contributed by atoms with E-state index in [0.29, 0.717) is 23.8 Å². The number of hydrogen-bond acceptors (Lipinski definition) is 7. The van der Waals surface area contributed by atoms with E-state index in [1.54, 1.807) is 31.5 Å². The Hall–Kier alpha value is -2.85. The molecule has 0 radical (unpaired) electrons. The maximum atomic E-state index is 11.2. The summed E-state index contributed by atoms with van der Waals surface area (Å²) >= 11 is 0. The average Bonchev–Trinajstić information content (AvgIpc) is 3.03. The largest absolute Gasteiger partial charge is 0.481 e. The van der Waals surface area contributed by atoms with Crippen molar-refractivity contribution in [1.82, 2.24) is 25.2 Å². The van der Waals surface area contributed by atoms with Gasteiger partial charge in [-0.25, -0.2) is 18.5 Å². The van der Waals surface area contributed by atoms with Crippen LogP contribution in [-0.2, 0) is 16.6 Å². The Bertz CT molecular complexity index is 935. The monoisotopic (exact) mass is 346 g/mol. The molecule has 1 aromatic carbocycles. The third kappa shape index (κ3) is 3.55. The first kappa shape index (κ1) is 16.0. The topological polar surface area (TPSA) is 126 Å². The van der Waals surface area contributed by atoms with Crippen LogP contribution in [-0.4, -0.2) is 40.7 Å². The van der Waals surface area contributed by atoms with Crippen LogP contribution in [0.1, 0.15) is 5.56 Å². The summed E-state index contributed by atoms with van der Waals surface area (Å²) in [6, 6.07) is 9.57. The van der Waals surface area contributed by atoms with Crippen molar-refractivity contribution in [1.29, 1.82) is 0 Å². The second-order valence-electron chi connectivity index (χ2n) is 4.92. The summed E-state index contributed by atoms with van der Waals surface area (Å²) in [5, 5.41) is 17.3. The Labute approximate surface area is 138 Å². The number of nitrogens with two attached hydrogens (primary N) is 1. The molecule has 0 saturated heterocycles. The number of benzene rings is 1. The number of methoxy groups -OCH3 is 1. The van der Waals surface area contributed by atoms with E-state index < -0.39 is 10.0 Å². The van der Waals surface area contributed by atoms with Crippen molar-refractivity contribution >= 4 is 10.0 Å². The summed E-state index contributed by atoms with van der Waals surface area (Å²) in [6.45, 7) is 0.402. The smallest absolute Gasteiger partial charge is 0.238 e. The zero-order valence-electron chi connectivity index (χ0n) is 12.7. The van der Waals surface area contributed by atoms with Gasteiger partial charge in [-0.3, -0.25) is 0 Å². The summed E-state index contributed by atoms with van der Waals surface area (Å²) in [7, 11) is -2.17. The summed E-state index contributed by atoms with van der Waals surface area (Å²) < 4.78 is 27.5. The summed E-state index contributed by atoms with van der Waals surface area (Å²) in [4.78, 5) is 5.56. The van der Waals surface area contributed by atoms with Crippen LogP contribution in [0, 0.1) is 0 Å². The molecule has 9 nitrogen and oxygen atoms in total. The van der Waals surface area contributed by atoms with Crippen LogP contribution < -0.4 is 9.88 Å². The van der Waals surface area contributed by atoms with Gasteiger partial charge < -0.3 is 4.74 Å². The standard InChI is InChI=1S/C14H14N6O3S/c1-23-13-7-2-10(8-16-13)9-20-18-14(17-19-20)11-3-5-12(6-4-11)24(15,21)22/h2-8H,9H2,1H3,(H2,15,21,22). The van der Waals surface area contributed by atoms with Crippen LogP contribution >= 0.6 is 0 Å². The van der Waals surface area contributed by atoms with Crippen molar-refractivity contribution in [3.63, 3.8) is 0 Å². The SMILES string of the molecule is COc1ccc(Cn2nnc(-c3ccc(S(N)(=O)=O)cc3)n2)cn1. The zero-order chi connectivity index (χ0) is 17.2. The molecule has 2 aromatic heterocycles. The van der Waals surface area contributed by atoms with Crippen LogP contribution in [0.2, 0.25) is 0 Å². The van der Waals surface area contributed by atoms with Crippen LogP contribution in [0.5, 0.6) is 5.88 Å². The molecule has 0 atom stereocenters. The van der Waals surface area contributed by atoms with Crippen LogP contribution in [0.15, 0.2) is 47.5 Å². The van der Waals surface area contributed by atoms with Gasteiger partial charge in [0.05, 0.1) is 18.6 Å². The quantitative estimate of drug-likeness (QED) is 0.710. The van der Waals surface area contributed by atoms with Gasteiger partial charge in [-0.2, -0.15) is 4.80 Å². The molecule has 3 rings (SSSR count). The number of hydrogen-bond donors (Lipinski definition) is 1. The molecule has 0 aliphatic rings. The molecule has 0 amide bonds. The predicted octanol–water partition coefficient (Wildman–Crippen LogP) is 0.439. The number of tetrazole rings is 1. The maximum Gasteiger partial charge on any atom is 0.238 e. The first-order valence-electron chi connectivity index (χ1n) is 6.86. The van der Waals surface area contributed by atoms with Crippen molar-refractivity contribution in [3.8, 4) is 17.3 Å². The van der Waals surface area contributed by atoms with Gasteiger partial charge in [0.2, 0.25) is 21.7 Å². The Morgan fingerprint density at radius 2 is 1.92 bits per heavy atom. The number of sulfonamides is 1. The zero-order valence-corrected chi connectivity index (χ0v) is 13.5. The van der Waals surface area contributed by atoms with Crippen molar-refractivity contribution in [2.75, 3.05) is 7.11 Å². The number of aromatic nitrogens is 5. The highest BCUT2D eigenvalue weighted by Crippen LogP contribution is 2.16. The fraction of sp³-hybridized carbons (Fsp3) is 0.143. The molecule has 0 spiro atoms. The number of primary sulfonamides is 1. The van der Waals surface area contributed by atoms with Gasteiger partial charge in [-0.05, 0) is 35.0 Å². The average molecular weight is 346 g/mol. The molecule has 2 heterocycles. The van der Waals surface area contributed by atoms with Gasteiger partial charge in [-0.1, -0.05) is 6.07 Å². The minimum Gasteiger partial charge on any atom is -0.481 e. The molecule has 10 heteroatoms. The molecule has 0 unspecified atom stereocenters. The highest BCUT2D eigenvalue weighted by atomic mass is 32.2. The third-order valence-corrected chi connectivity index (χ3v) is 4.15. The molecule has 24 heavy (non-hydrogen) atoms. The fourth-order valence-corrected chi connectivity index (χ4v) is 2.52. The van der Waals surface area contributed by atoms with Crippen molar-refractivity contribution < 1.29 is 13.2 Å². The molecule has 0 aliphatic heterocycles. The van der Waals surface area contributed by atoms with E-state index >= 15 is 0 Å². The van der Waals surface area contributed by atoms with Gasteiger partial charge in [0.25, 0.3) is 0 Å². The van der Waals surface area contributed by atoms with Crippen LogP contribution in [0.25, 0.3) is 11.4 Å². The number of nitrogens with zero attached hydrogens (tertiary/aromatic N) is 5. The fourth-order valence-electron chi connectivity index (χ4n) is 2.01. The molecule has 3 aromatic rings. The highest BCUT2D eigenvalue weighted by Gasteiger charge is 2.10. The molecule has 0 bridgehead atoms. The molecule has 0 saturated carbocycles. The van der Waals surface area contributed by atoms with E-state index in [4.69, 9.17) is 9.88 Å². The van der Waals surface area contributed by atoms with Crippen LogP contribution in [0.3, 0.4) is 0 Å². The van der Waals surface area contributed by atoms with Crippen LogP contribution in [0.4, 0.5) is 0 Å². The van der Waals surface area contributed by atoms with E-state index in [9.17, 15) is 8.42 Å². The second kappa shape index (κ2) is 6.34. The van der Waals surface area contributed by atoms with Gasteiger partial charge in [-0.15, -0.1) is 10.2 Å². The molecular formula is C14H14N6O3S. The lowest BCUT2D eigenvalue weighted by Gasteiger charge is -2.01. The predicted molar refractivity (Wildman–Crippen MR) is 84.5 cm³/mol. The van der Waals surface area contributed by atoms with Crippen molar-refractivity contribution in [3.05, 3.63) is 48.2 Å². The Balaban J connectivity index is 1.77. The Morgan fingerprint density at radius 3 is 2.50 bits per heavy atom. The molecule has 0 fully saturated rings. The normalized spacial score (nSPS) is 11.4. The van der Waals surface area contributed by atoms with Gasteiger partial charge in [0.15, 0.2) is 0 Å². The van der Waals surface area contributed by atoms with E-state index in [-0.39, 0.29) is 4.90 Å². The molecule has 0 aliphatic carbocycles. The lowest BCUT2D eigenvalue weighted by molar-refractivity contribution is 0.397. The van der Waals surface area contributed by atoms with Gasteiger partial charge >= 0.3 is 0 Å². The van der Waals surface area contributed by atoms with E-state index in [0.717, 1.165) is 5.56 Å². The first-order valence-corrected chi connectivity index (χ1v) is 8.40. The summed E-state index contributed by atoms with van der Waals surface area (Å²) in [6.07, 6.45) is 1.67. The number of rotatable bonds is 5. The summed E-state index contributed by atoms with van der Waals surface area (Å²) in [5.74, 6) is 0.915. The second-order valence-corrected chi connectivity index (χ2v) is 6.48. The van der Waals surface area contributed by atoms with Gasteiger partial charge in [0, 0.05) is 17.8 Å². The molecule has 2 N–H and O–H groups in total. The van der Waals surface area contributed by atoms with Crippen molar-refractivity contribution in [2.45, 2.75) is 11.4 Å². The van der Waals surface area contributed by atoms with E-state index in [1.165, 1.54) is 16.9 Å². The van der Waals surface area contributed by atoms with Crippen molar-refractivity contribution in [2.24, 2.45) is 5.14 Å². The van der Waals surface area contributed by atoms with Gasteiger partial charge in [0.1, 0.15) is 0 Å². The summed E-state index contributed by atoms with van der Waals surface area (Å²) in [5.41, 5.74) is 1.53. The minimum atomic E-state index is -3.72. The first-order chi connectivity index (χ1) is 11.5. The van der Waals surface area contributed by atoms with E-state index in [1.807, 2.05) is 6.07 Å². The maximum absolute atomic E-state index is 11.2. The Morgan fingerprint density at radius 1 is 1.17 bits per heavy atom. The molecule has 124 valence electrons. The minimum absolute atomic E-state index is 0.0305. The third-order valence-electron chi connectivity index (χ3n) is 3.22. The lowest BCUT2D eigenvalue weighted by Crippen LogP contribution is -2.11. The number of ether oxygens (including phenoxy) is 1. The Kier molecular flexibility index (Phi) is 4.23. The highest BCUT2D eigenvalue weighted by molar-refractivity contribution is 7.89. The lowest BCUT2D eigenvalue weighted by atomic mass is 10.2. The molecular weight excluding hydrogens is 332 g/mol. The van der Waals surface area contributed by atoms with E-state index in [2.05, 4.69) is 20.4 Å².